The first kappa shape index (κ1) is 17.1. The molecule has 1 saturated heterocycles. The smallest absolute Gasteiger partial charge is 0.186 e. The summed E-state index contributed by atoms with van der Waals surface area (Å²) in [6, 6.07) is 0.426. The van der Waals surface area contributed by atoms with Gasteiger partial charge in [0.15, 0.2) is 15.0 Å². The molecule has 1 N–H and O–H groups in total. The third kappa shape index (κ3) is 4.34. The highest BCUT2D eigenvalue weighted by atomic mass is 32.2. The van der Waals surface area contributed by atoms with E-state index in [4.69, 9.17) is 0 Å². The average Bonchev–Trinajstić information content (AvgIpc) is 2.94. The first-order valence-corrected chi connectivity index (χ1v) is 10.9. The predicted octanol–water partition coefficient (Wildman–Crippen LogP) is 1.96. The number of sulfone groups is 1. The average molecular weight is 350 g/mol. The number of hydrogen-bond acceptors (Lipinski definition) is 7. The van der Waals surface area contributed by atoms with Crippen molar-refractivity contribution in [3.05, 3.63) is 11.1 Å². The van der Waals surface area contributed by atoms with Gasteiger partial charge in [0.2, 0.25) is 0 Å². The molecule has 1 unspecified atom stereocenters. The molecule has 1 aromatic rings. The Kier molecular flexibility index (Phi) is 5.93. The second kappa shape index (κ2) is 7.30. The van der Waals surface area contributed by atoms with E-state index in [0.717, 1.165) is 28.9 Å². The lowest BCUT2D eigenvalue weighted by atomic mass is 10.4. The van der Waals surface area contributed by atoms with Crippen molar-refractivity contribution < 1.29 is 8.42 Å². The van der Waals surface area contributed by atoms with Crippen LogP contribution >= 0.6 is 23.1 Å². The fraction of sp³-hybridized carbons (Fsp3) is 0.769. The van der Waals surface area contributed by atoms with Crippen LogP contribution < -0.4 is 10.2 Å². The van der Waals surface area contributed by atoms with Gasteiger partial charge in [-0.05, 0) is 0 Å². The highest BCUT2D eigenvalue weighted by Gasteiger charge is 2.34. The summed E-state index contributed by atoms with van der Waals surface area (Å²) in [5.41, 5.74) is 0. The molecule has 2 rings (SSSR count). The van der Waals surface area contributed by atoms with Gasteiger partial charge in [-0.15, -0.1) is 11.3 Å². The molecule has 0 bridgehead atoms. The Hall–Kier alpha value is -0.310. The lowest BCUT2D eigenvalue weighted by molar-refractivity contribution is 0.579. The molecular formula is C13H23N3O2S3. The van der Waals surface area contributed by atoms with Crippen LogP contribution in [0.15, 0.2) is 6.20 Å². The molecule has 0 radical (unpaired) electrons. The Bertz CT molecular complexity index is 557. The summed E-state index contributed by atoms with van der Waals surface area (Å²) in [5.74, 6) is 1.77. The molecule has 0 spiro atoms. The molecule has 1 aliphatic heterocycles. The van der Waals surface area contributed by atoms with Gasteiger partial charge in [-0.1, -0.05) is 20.8 Å². The van der Waals surface area contributed by atoms with E-state index in [2.05, 4.69) is 24.1 Å². The zero-order valence-electron chi connectivity index (χ0n) is 12.7. The molecule has 120 valence electrons. The van der Waals surface area contributed by atoms with Crippen LogP contribution in [-0.2, 0) is 16.4 Å². The van der Waals surface area contributed by atoms with Crippen molar-refractivity contribution in [2.75, 3.05) is 28.7 Å². The number of rotatable bonds is 6. The molecule has 0 aromatic carbocycles. The maximum Gasteiger partial charge on any atom is 0.186 e. The van der Waals surface area contributed by atoms with Gasteiger partial charge in [0, 0.05) is 47.5 Å². The van der Waals surface area contributed by atoms with Crippen LogP contribution in [0.4, 0.5) is 5.13 Å². The Morgan fingerprint density at radius 3 is 2.95 bits per heavy atom. The van der Waals surface area contributed by atoms with Gasteiger partial charge in [0.1, 0.15) is 5.37 Å². The monoisotopic (exact) mass is 349 g/mol. The molecule has 1 fully saturated rings. The normalized spacial score (nSPS) is 20.2. The number of anilines is 1. The van der Waals surface area contributed by atoms with E-state index in [9.17, 15) is 8.42 Å². The van der Waals surface area contributed by atoms with Crippen molar-refractivity contribution in [2.24, 2.45) is 0 Å². The van der Waals surface area contributed by atoms with Gasteiger partial charge >= 0.3 is 0 Å². The highest BCUT2D eigenvalue weighted by Crippen LogP contribution is 2.30. The summed E-state index contributed by atoms with van der Waals surface area (Å²) in [4.78, 5) is 7.56. The molecule has 21 heavy (non-hydrogen) atoms. The van der Waals surface area contributed by atoms with E-state index in [0.29, 0.717) is 11.8 Å². The number of nitrogens with one attached hydrogen (secondary N) is 1. The molecule has 5 nitrogen and oxygen atoms in total. The molecule has 1 atom stereocenters. The summed E-state index contributed by atoms with van der Waals surface area (Å²) in [7, 11) is -3.08. The van der Waals surface area contributed by atoms with Crippen molar-refractivity contribution in [1.82, 2.24) is 10.3 Å². The standard InChI is InChI=1S/C13H23N3O2S3/c1-4-21(17,18)12-9-19-6-5-16(12)13-15-8-11(20-13)7-14-10(2)3/h8,10,12,14H,4-7,9H2,1-3H3. The topological polar surface area (TPSA) is 62.3 Å². The molecular weight excluding hydrogens is 326 g/mol. The Morgan fingerprint density at radius 1 is 1.52 bits per heavy atom. The summed E-state index contributed by atoms with van der Waals surface area (Å²) in [6.07, 6.45) is 1.85. The third-order valence-corrected chi connectivity index (χ3v) is 7.70. The van der Waals surface area contributed by atoms with E-state index >= 15 is 0 Å². The minimum absolute atomic E-state index is 0.182. The number of nitrogens with zero attached hydrogens (tertiary/aromatic N) is 2. The molecule has 2 heterocycles. The third-order valence-electron chi connectivity index (χ3n) is 3.37. The number of aromatic nitrogens is 1. The van der Waals surface area contributed by atoms with E-state index in [1.807, 2.05) is 11.1 Å². The maximum atomic E-state index is 12.3. The van der Waals surface area contributed by atoms with Gasteiger partial charge in [-0.2, -0.15) is 11.8 Å². The molecule has 1 aliphatic rings. The summed E-state index contributed by atoms with van der Waals surface area (Å²) < 4.78 is 24.5. The second-order valence-corrected chi connectivity index (χ2v) is 10.0. The fourth-order valence-corrected chi connectivity index (χ4v) is 6.08. The molecule has 0 amide bonds. The fourth-order valence-electron chi connectivity index (χ4n) is 2.11. The van der Waals surface area contributed by atoms with Crippen molar-refractivity contribution in [3.63, 3.8) is 0 Å². The SMILES string of the molecule is CCS(=O)(=O)C1CSCCN1c1ncc(CNC(C)C)s1. The van der Waals surface area contributed by atoms with Crippen LogP contribution in [0.2, 0.25) is 0 Å². The van der Waals surface area contributed by atoms with Crippen molar-refractivity contribution in [3.8, 4) is 0 Å². The summed E-state index contributed by atoms with van der Waals surface area (Å²) in [5, 5.41) is 3.76. The Labute approximate surface area is 135 Å². The van der Waals surface area contributed by atoms with Crippen LogP contribution in [0.25, 0.3) is 0 Å². The van der Waals surface area contributed by atoms with E-state index < -0.39 is 15.2 Å². The largest absolute Gasteiger partial charge is 0.329 e. The van der Waals surface area contributed by atoms with E-state index in [1.54, 1.807) is 30.0 Å². The number of hydrogen-bond donors (Lipinski definition) is 1. The Balaban J connectivity index is 2.14. The quantitative estimate of drug-likeness (QED) is 0.847. The number of thiazole rings is 1. The van der Waals surface area contributed by atoms with Crippen LogP contribution in [0, 0.1) is 0 Å². The minimum Gasteiger partial charge on any atom is -0.329 e. The molecule has 0 saturated carbocycles. The predicted molar refractivity (Wildman–Crippen MR) is 92.0 cm³/mol. The van der Waals surface area contributed by atoms with Crippen molar-refractivity contribution in [1.29, 1.82) is 0 Å². The van der Waals surface area contributed by atoms with Gasteiger partial charge < -0.3 is 10.2 Å². The van der Waals surface area contributed by atoms with Crippen molar-refractivity contribution in [2.45, 2.75) is 38.7 Å². The second-order valence-electron chi connectivity index (χ2n) is 5.32. The van der Waals surface area contributed by atoms with Crippen LogP contribution in [0.3, 0.4) is 0 Å². The molecule has 8 heteroatoms. The van der Waals surface area contributed by atoms with Gasteiger partial charge in [0.05, 0.1) is 0 Å². The zero-order chi connectivity index (χ0) is 15.5. The van der Waals surface area contributed by atoms with Crippen molar-refractivity contribution >= 4 is 38.1 Å². The molecule has 0 aliphatic carbocycles. The van der Waals surface area contributed by atoms with E-state index in [-0.39, 0.29) is 5.75 Å². The number of thioether (sulfide) groups is 1. The van der Waals surface area contributed by atoms with E-state index in [1.165, 1.54) is 0 Å². The first-order valence-electron chi connectivity index (χ1n) is 7.18. The van der Waals surface area contributed by atoms with Crippen LogP contribution in [0.5, 0.6) is 0 Å². The first-order chi connectivity index (χ1) is 9.94. The zero-order valence-corrected chi connectivity index (χ0v) is 15.2. The van der Waals surface area contributed by atoms with Gasteiger partial charge in [-0.25, -0.2) is 13.4 Å². The lowest BCUT2D eigenvalue weighted by Gasteiger charge is -2.34. The summed E-state index contributed by atoms with van der Waals surface area (Å²) >= 11 is 3.30. The van der Waals surface area contributed by atoms with Gasteiger partial charge in [-0.3, -0.25) is 0 Å². The van der Waals surface area contributed by atoms with Gasteiger partial charge in [0.25, 0.3) is 0 Å². The minimum atomic E-state index is -3.08. The Morgan fingerprint density at radius 2 is 2.29 bits per heavy atom. The van der Waals surface area contributed by atoms with Crippen LogP contribution in [0.1, 0.15) is 25.6 Å². The maximum absolute atomic E-state index is 12.3. The lowest BCUT2D eigenvalue weighted by Crippen LogP contribution is -2.47. The molecule has 1 aromatic heterocycles. The highest BCUT2D eigenvalue weighted by molar-refractivity contribution is 8.01. The summed E-state index contributed by atoms with van der Waals surface area (Å²) in [6.45, 7) is 7.45. The van der Waals surface area contributed by atoms with Crippen LogP contribution in [-0.4, -0.2) is 48.6 Å².